The molecule has 13 aliphatic rings. The second kappa shape index (κ2) is 38.5. The molecular weight excluding hydrogens is 1930 g/mol. The Morgan fingerprint density at radius 3 is 1.34 bits per heavy atom. The first kappa shape index (κ1) is 94.1. The number of para-hydroxylation sites is 4. The number of amides is 4. The van der Waals surface area contributed by atoms with Crippen molar-refractivity contribution in [3.05, 3.63) is 286 Å². The fourth-order valence-corrected chi connectivity index (χ4v) is 23.0. The molecule has 146 heavy (non-hydrogen) atoms. The zero-order valence-electron chi connectivity index (χ0n) is 81.2. The Labute approximate surface area is 848 Å². The maximum absolute atomic E-state index is 14.8. The minimum absolute atomic E-state index is 0.0292. The minimum Gasteiger partial charge on any atom is -0.381 e. The Bertz CT molecular complexity index is 7380. The molecule has 4 N–H and O–H groups in total. The van der Waals surface area contributed by atoms with Crippen LogP contribution in [0.15, 0.2) is 245 Å². The lowest BCUT2D eigenvalue weighted by molar-refractivity contribution is 0.0217. The molecule has 0 spiro atoms. The summed E-state index contributed by atoms with van der Waals surface area (Å²) in [6, 6.07) is 69.1. The molecule has 9 aliphatic heterocycles. The van der Waals surface area contributed by atoms with Crippen molar-refractivity contribution in [3.8, 4) is 22.5 Å². The largest absolute Gasteiger partial charge is 0.381 e. The molecule has 26 rings (SSSR count). The summed E-state index contributed by atoms with van der Waals surface area (Å²) < 4.78 is 68.3. The Morgan fingerprint density at radius 1 is 0.445 bits per heavy atom. The van der Waals surface area contributed by atoms with Crippen molar-refractivity contribution in [2.24, 2.45) is 25.9 Å². The van der Waals surface area contributed by atoms with Crippen molar-refractivity contribution < 1.29 is 46.3 Å². The molecule has 6 aromatic heterocycles. The van der Waals surface area contributed by atoms with Crippen LogP contribution in [0.25, 0.3) is 22.5 Å². The molecule has 32 nitrogen and oxygen atoms in total. The number of anilines is 12. The molecule has 0 radical (unpaired) electrons. The number of guanidine groups is 4. The predicted molar refractivity (Wildman–Crippen MR) is 556 cm³/mol. The molecule has 744 valence electrons. The molecule has 4 aliphatic carbocycles. The smallest absolute Gasteiger partial charge is 0.307 e. The molecule has 15 heterocycles. The quantitative estimate of drug-likeness (QED) is 0.0238. The number of nitrogens with zero attached hydrogens (tertiary/aromatic N) is 22. The standard InChI is InChI=1S/C30H28BrN7O.C29H26FN7O.C27H25F3N6O2.C23H28N6O2/c1-18-11-16-22(32-17-18)19-12-14-20(15-13-19)26(31)38-27(33-21-7-4-3-5-8-21)25-28(35-38)37-24-10-6-9-23(24)34-30(37)36(2)29(25)39;1-35-28(38)25-26(31-20-7-3-2-4-8-20)36(34-27(25)37-23-11-5-10-22(23)33-29(35)37)17-18-13-15-19(16-14-18)21-9-6-12-24(30)32-21;1-27(29,30)22(37)17-12-11-15(13-18(17)28)14-35-23(31-16-7-4-3-5-8-16)21-24(33-35)36-20-10-6-9-19(20)32-26(36)34(2)25(21)38;1-27-22(30)19-20(24-16-6-3-2-4-7-16)26-28(14-15-10-12-31-13-11-15)21(19)29-18-9-5-8-17(18)25-23(27)29/h3-5,7-8,11-17,23-24,26,33H,6,9-10H2,1-2H3;2-4,6-9,12-16,22-23,31H,5,10-11,17H2,1H3;3-5,7-8,11-13,19-20,31H,6,9-10,14H2,1-2H3;2-4,6-7,15,17-18H,5,8-14H2,1H3,(H,24,26)/t23-,24+,26?;22-,23+;19-,20+;17-,18+/m1111/s1. The summed E-state index contributed by atoms with van der Waals surface area (Å²) >= 11 is 3.91. The van der Waals surface area contributed by atoms with Gasteiger partial charge in [0.25, 0.3) is 23.6 Å². The first-order chi connectivity index (χ1) is 70.9. The van der Waals surface area contributed by atoms with Gasteiger partial charge in [-0.3, -0.25) is 68.2 Å². The minimum atomic E-state index is -3.68. The van der Waals surface area contributed by atoms with Crippen molar-refractivity contribution in [1.29, 1.82) is 0 Å². The van der Waals surface area contributed by atoms with Crippen LogP contribution in [-0.4, -0.2) is 218 Å². The number of hydrogen-bond acceptors (Lipinski definition) is 24. The monoisotopic (exact) mass is 2030 g/mol. The molecule has 5 fully saturated rings. The lowest BCUT2D eigenvalue weighted by Gasteiger charge is -2.36. The summed E-state index contributed by atoms with van der Waals surface area (Å²) in [5, 5.41) is 33.6. The van der Waals surface area contributed by atoms with Crippen LogP contribution in [0.3, 0.4) is 0 Å². The zero-order valence-corrected chi connectivity index (χ0v) is 82.8. The van der Waals surface area contributed by atoms with Crippen molar-refractivity contribution in [3.63, 3.8) is 0 Å². The normalized spacial score (nSPS) is 21.2. The van der Waals surface area contributed by atoms with Crippen LogP contribution in [0, 0.1) is 24.6 Å². The predicted octanol–water partition coefficient (Wildman–Crippen LogP) is 19.3. The number of nitrogens with one attached hydrogen (secondary N) is 4. The third kappa shape index (κ3) is 17.3. The van der Waals surface area contributed by atoms with Crippen molar-refractivity contribution in [2.75, 3.05) is 82.3 Å². The third-order valence-electron chi connectivity index (χ3n) is 29.8. The van der Waals surface area contributed by atoms with Gasteiger partial charge in [0.05, 0.1) is 78.4 Å². The van der Waals surface area contributed by atoms with Gasteiger partial charge in [-0.05, 0) is 204 Å². The molecule has 9 atom stereocenters. The van der Waals surface area contributed by atoms with Gasteiger partial charge in [0, 0.05) is 94.9 Å². The number of carbonyl (C=O) groups excluding carboxylic acids is 5. The average molecular weight is 2030 g/mol. The lowest BCUT2D eigenvalue weighted by atomic mass is 10.0. The van der Waals surface area contributed by atoms with Gasteiger partial charge in [0.1, 0.15) is 56.3 Å². The van der Waals surface area contributed by atoms with Gasteiger partial charge in [0.15, 0.2) is 23.3 Å². The SMILES string of the molecule is CN1C(=O)c2c(Nc3ccccc3)nn(CC3CCOCC3)c2N2C1=N[C@@H]1CCC[C@@H]12.CN1C(=O)c2c(nn(Cc3ccc(-c4cccc(F)n4)cc3)c2Nc2ccccc2)N2C1=N[C@@H]1CCC[C@@H]12.CN1C(=O)c2c(nn(Cc3ccc(C(=O)C(C)(F)F)c(F)c3)c2Nc2ccccc2)N2C1=N[C@@H]1CCC[C@@H]12.Cc1ccc(-c2ccc(C(Br)n3nc4c(c3Nc3ccccc3)C(=O)N(C)C3=N[C@@H]5CCC[C@@H]5N34)cc2)nc1. The third-order valence-corrected chi connectivity index (χ3v) is 30.7. The Morgan fingerprint density at radius 2 is 0.870 bits per heavy atom. The van der Waals surface area contributed by atoms with Gasteiger partial charge in [-0.25, -0.2) is 48.1 Å². The summed E-state index contributed by atoms with van der Waals surface area (Å²) in [6.45, 7) is 5.34. The second-order valence-corrected chi connectivity index (χ2v) is 40.2. The highest BCUT2D eigenvalue weighted by Crippen LogP contribution is 2.51. The Kier molecular flexibility index (Phi) is 24.8. The number of rotatable bonds is 20. The van der Waals surface area contributed by atoms with E-state index in [0.717, 1.165) is 183 Å². The lowest BCUT2D eigenvalue weighted by Crippen LogP contribution is -2.52. The number of aliphatic imine (C=N–C) groups is 4. The summed E-state index contributed by atoms with van der Waals surface area (Å²) in [4.78, 5) is 110. The van der Waals surface area contributed by atoms with Gasteiger partial charge in [-0.15, -0.1) is 0 Å². The van der Waals surface area contributed by atoms with Gasteiger partial charge in [-0.1, -0.05) is 155 Å². The number of benzene rings is 7. The van der Waals surface area contributed by atoms with E-state index in [9.17, 15) is 41.5 Å². The van der Waals surface area contributed by atoms with Crippen LogP contribution in [0.2, 0.25) is 0 Å². The van der Waals surface area contributed by atoms with E-state index in [1.807, 2.05) is 193 Å². The molecule has 4 amide bonds. The molecule has 1 unspecified atom stereocenters. The van der Waals surface area contributed by atoms with Gasteiger partial charge in [0.2, 0.25) is 35.6 Å². The van der Waals surface area contributed by atoms with Crippen LogP contribution < -0.4 is 40.9 Å². The number of fused-ring (bicyclic) bond motifs is 20. The van der Waals surface area contributed by atoms with E-state index in [1.54, 1.807) is 45.6 Å². The van der Waals surface area contributed by atoms with Crippen LogP contribution >= 0.6 is 15.9 Å². The summed E-state index contributed by atoms with van der Waals surface area (Å²) in [7, 11) is 7.13. The van der Waals surface area contributed by atoms with E-state index < -0.39 is 29.0 Å². The van der Waals surface area contributed by atoms with Crippen LogP contribution in [0.1, 0.15) is 176 Å². The number of halogens is 5. The summed E-state index contributed by atoms with van der Waals surface area (Å²) in [5.41, 5.74) is 11.8. The summed E-state index contributed by atoms with van der Waals surface area (Å²) in [5.74, 6) is 1.01. The average Bonchev–Trinajstić information content (AvgIpc) is 1.57. The fourth-order valence-electron chi connectivity index (χ4n) is 22.4. The number of pyridine rings is 2. The topological polar surface area (TPSA) is 315 Å². The number of ketones is 1. The number of aryl methyl sites for hydroxylation is 1. The number of ether oxygens (including phenoxy) is 1. The number of Topliss-reactive ketones (excluding diaryl/α,β-unsaturated/α-hetero) is 1. The van der Waals surface area contributed by atoms with E-state index >= 15 is 0 Å². The number of carbonyl (C=O) groups is 5. The highest BCUT2D eigenvalue weighted by Gasteiger charge is 2.55. The highest BCUT2D eigenvalue weighted by molar-refractivity contribution is 9.09. The van der Waals surface area contributed by atoms with E-state index in [0.29, 0.717) is 118 Å². The van der Waals surface area contributed by atoms with Crippen LogP contribution in [0.5, 0.6) is 0 Å². The van der Waals surface area contributed by atoms with Crippen molar-refractivity contribution in [1.82, 2.24) is 68.7 Å². The molecule has 1 saturated heterocycles. The van der Waals surface area contributed by atoms with E-state index in [1.165, 1.54) is 23.5 Å². The van der Waals surface area contributed by atoms with Crippen LogP contribution in [-0.2, 0) is 24.4 Å². The second-order valence-electron chi connectivity index (χ2n) is 39.3. The van der Waals surface area contributed by atoms with E-state index in [2.05, 4.69) is 96.9 Å². The molecule has 7 aromatic carbocycles. The van der Waals surface area contributed by atoms with Gasteiger partial charge < -0.3 is 26.0 Å². The maximum Gasteiger partial charge on any atom is 0.307 e. The number of alkyl halides is 3. The van der Waals surface area contributed by atoms with Gasteiger partial charge >= 0.3 is 5.92 Å². The molecular formula is C109H107BrF4N26O6. The maximum atomic E-state index is 14.8. The van der Waals surface area contributed by atoms with E-state index in [4.69, 9.17) is 45.1 Å². The molecule has 4 saturated carbocycles. The number of aromatic nitrogens is 10. The number of hydrogen-bond donors (Lipinski definition) is 4. The zero-order chi connectivity index (χ0) is 100. The molecule has 0 bridgehead atoms. The first-order valence-electron chi connectivity index (χ1n) is 49.9. The molecule has 37 heteroatoms. The highest BCUT2D eigenvalue weighted by atomic mass is 79.9. The first-order valence-corrected chi connectivity index (χ1v) is 50.8. The van der Waals surface area contributed by atoms with Crippen molar-refractivity contribution >= 4 is 138 Å². The summed E-state index contributed by atoms with van der Waals surface area (Å²) in [6.07, 6.45) is 16.6. The van der Waals surface area contributed by atoms with Gasteiger partial charge in [-0.2, -0.15) is 33.6 Å². The van der Waals surface area contributed by atoms with Crippen molar-refractivity contribution in [2.45, 2.75) is 183 Å². The molecule has 13 aromatic rings. The Balaban J connectivity index is 0.000000108. The van der Waals surface area contributed by atoms with E-state index in [-0.39, 0.29) is 77.4 Å². The fraction of sp³-hybridized carbons (Fsp3) is 0.330. The Hall–Kier alpha value is -15.5. The van der Waals surface area contributed by atoms with Crippen LogP contribution in [0.4, 0.5) is 86.9 Å².